The van der Waals surface area contributed by atoms with E-state index in [2.05, 4.69) is 10.3 Å². The molecule has 1 aromatic carbocycles. The molecular formula is C25H25F3N5O4S+. The molecule has 9 nitrogen and oxygen atoms in total. The number of alkyl halides is 3. The third-order valence-electron chi connectivity index (χ3n) is 5.66. The highest BCUT2D eigenvalue weighted by Crippen LogP contribution is 2.30. The maximum absolute atomic E-state index is 13.4. The molecule has 2 aromatic heterocycles. The van der Waals surface area contributed by atoms with E-state index in [0.717, 1.165) is 35.4 Å². The van der Waals surface area contributed by atoms with Crippen LogP contribution >= 0.6 is 0 Å². The van der Waals surface area contributed by atoms with E-state index in [0.29, 0.717) is 17.0 Å². The number of sulfone groups is 1. The summed E-state index contributed by atoms with van der Waals surface area (Å²) >= 11 is 0. The quantitative estimate of drug-likeness (QED) is 0.370. The van der Waals surface area contributed by atoms with E-state index in [1.807, 2.05) is 0 Å². The first-order chi connectivity index (χ1) is 17.8. The SMILES string of the molecule is C[NH2+]/C(=C\C=N)c1cc(C(=O)NCc2ccc(S(C)(=O)=O)cn2)c(=O)n(-c2cccc(C(F)(F)F)c2)c1C. The number of amides is 1. The summed E-state index contributed by atoms with van der Waals surface area (Å²) in [5.41, 5.74) is -0.778. The Bertz CT molecular complexity index is 1580. The predicted octanol–water partition coefficient (Wildman–Crippen LogP) is 2.08. The van der Waals surface area contributed by atoms with Crippen LogP contribution in [0, 0.1) is 12.3 Å². The third kappa shape index (κ3) is 6.23. The van der Waals surface area contributed by atoms with Crippen molar-refractivity contribution in [3.63, 3.8) is 0 Å². The van der Waals surface area contributed by atoms with Gasteiger partial charge in [0, 0.05) is 36.1 Å². The van der Waals surface area contributed by atoms with Gasteiger partial charge in [0.05, 0.1) is 35.3 Å². The number of quaternary nitrogens is 1. The van der Waals surface area contributed by atoms with Crippen LogP contribution in [0.15, 0.2) is 64.4 Å². The molecule has 0 bridgehead atoms. The summed E-state index contributed by atoms with van der Waals surface area (Å²) in [6.07, 6.45) is -0.0243. The first-order valence-electron chi connectivity index (χ1n) is 11.2. The number of nitrogens with zero attached hydrogens (tertiary/aromatic N) is 2. The molecule has 0 spiro atoms. The number of hydrogen-bond donors (Lipinski definition) is 3. The van der Waals surface area contributed by atoms with E-state index in [-0.39, 0.29) is 28.4 Å². The Morgan fingerprint density at radius 1 is 1.18 bits per heavy atom. The Morgan fingerprint density at radius 3 is 2.45 bits per heavy atom. The van der Waals surface area contributed by atoms with Gasteiger partial charge in [-0.25, -0.2) is 8.42 Å². The fourth-order valence-electron chi connectivity index (χ4n) is 3.72. The molecule has 0 saturated heterocycles. The number of nitrogens with two attached hydrogens (primary N) is 1. The van der Waals surface area contributed by atoms with Gasteiger partial charge in [0.2, 0.25) is 0 Å². The molecule has 4 N–H and O–H groups in total. The zero-order valence-corrected chi connectivity index (χ0v) is 21.4. The second-order valence-electron chi connectivity index (χ2n) is 8.26. The van der Waals surface area contributed by atoms with Crippen LogP contribution in [-0.2, 0) is 22.6 Å². The van der Waals surface area contributed by atoms with Crippen LogP contribution in [0.3, 0.4) is 0 Å². The zero-order chi connectivity index (χ0) is 28.3. The van der Waals surface area contributed by atoms with Crippen LogP contribution in [0.4, 0.5) is 13.2 Å². The lowest BCUT2D eigenvalue weighted by molar-refractivity contribution is -0.530. The van der Waals surface area contributed by atoms with Crippen LogP contribution in [-0.4, -0.2) is 43.4 Å². The number of benzene rings is 1. The number of rotatable bonds is 8. The maximum Gasteiger partial charge on any atom is 0.416 e. The summed E-state index contributed by atoms with van der Waals surface area (Å²) in [5.74, 6) is -0.809. The van der Waals surface area contributed by atoms with Gasteiger partial charge >= 0.3 is 6.18 Å². The monoisotopic (exact) mass is 548 g/mol. The van der Waals surface area contributed by atoms with Gasteiger partial charge < -0.3 is 16.0 Å². The second-order valence-corrected chi connectivity index (χ2v) is 10.3. The van der Waals surface area contributed by atoms with Crippen molar-refractivity contribution in [3.05, 3.63) is 93.2 Å². The molecule has 0 aliphatic heterocycles. The lowest BCUT2D eigenvalue weighted by Gasteiger charge is -2.18. The highest BCUT2D eigenvalue weighted by Gasteiger charge is 2.31. The summed E-state index contributed by atoms with van der Waals surface area (Å²) in [6, 6.07) is 8.27. The average Bonchev–Trinajstić information content (AvgIpc) is 2.86. The Labute approximate surface area is 216 Å². The van der Waals surface area contributed by atoms with Gasteiger partial charge in [-0.1, -0.05) is 6.07 Å². The second kappa shape index (κ2) is 11.1. The molecular weight excluding hydrogens is 523 g/mol. The average molecular weight is 549 g/mol. The van der Waals surface area contributed by atoms with E-state index in [9.17, 15) is 31.2 Å². The van der Waals surface area contributed by atoms with Crippen LogP contribution in [0.1, 0.15) is 32.9 Å². The van der Waals surface area contributed by atoms with Crippen LogP contribution in [0.25, 0.3) is 11.4 Å². The standard InChI is InChI=1S/C25H24F3N5O4S/c1-15-20(22(30-2)9-10-29)12-21(23(34)32-13-17-7-8-19(14-31-17)38(3,36)37)24(35)33(15)18-6-4-5-16(11-18)25(26,27)28/h4-12,14,29-30H,13H2,1-3H3,(H,32,34)/p+1/b22-9-,29-10?. The topological polar surface area (TPSA) is 139 Å². The molecule has 0 saturated carbocycles. The molecule has 0 aliphatic rings. The van der Waals surface area contributed by atoms with Crippen molar-refractivity contribution < 1.29 is 31.7 Å². The Hall–Kier alpha value is -4.10. The number of carbonyl (C=O) groups is 1. The molecule has 3 aromatic rings. The molecule has 0 radical (unpaired) electrons. The smallest absolute Gasteiger partial charge is 0.346 e. The van der Waals surface area contributed by atoms with Crippen LogP contribution in [0.5, 0.6) is 0 Å². The maximum atomic E-state index is 13.4. The van der Waals surface area contributed by atoms with Gasteiger partial charge in [0.1, 0.15) is 11.3 Å². The summed E-state index contributed by atoms with van der Waals surface area (Å²) in [5, 5.41) is 11.6. The molecule has 0 fully saturated rings. The first kappa shape index (κ1) is 28.5. The van der Waals surface area contributed by atoms with Crippen molar-refractivity contribution in [2.24, 2.45) is 0 Å². The lowest BCUT2D eigenvalue weighted by Crippen LogP contribution is -2.76. The normalized spacial score (nSPS) is 12.3. The lowest BCUT2D eigenvalue weighted by atomic mass is 10.0. The summed E-state index contributed by atoms with van der Waals surface area (Å²) in [7, 11) is -1.78. The van der Waals surface area contributed by atoms with Gasteiger partial charge in [-0.15, -0.1) is 0 Å². The molecule has 13 heteroatoms. The van der Waals surface area contributed by atoms with Crippen LogP contribution in [0.2, 0.25) is 0 Å². The summed E-state index contributed by atoms with van der Waals surface area (Å²) in [6.45, 7) is 1.39. The Balaban J connectivity index is 2.11. The Kier molecular flexibility index (Phi) is 8.32. The van der Waals surface area contributed by atoms with Crippen molar-refractivity contribution in [2.45, 2.75) is 24.5 Å². The van der Waals surface area contributed by atoms with Crippen LogP contribution < -0.4 is 16.2 Å². The number of allylic oxidation sites excluding steroid dienone is 1. The van der Waals surface area contributed by atoms with Crippen molar-refractivity contribution in [3.8, 4) is 5.69 Å². The zero-order valence-electron chi connectivity index (χ0n) is 20.6. The highest BCUT2D eigenvalue weighted by molar-refractivity contribution is 7.90. The fourth-order valence-corrected chi connectivity index (χ4v) is 4.28. The minimum absolute atomic E-state index is 0.000979. The number of aromatic nitrogens is 2. The van der Waals surface area contributed by atoms with E-state index in [4.69, 9.17) is 5.41 Å². The Morgan fingerprint density at radius 2 is 1.89 bits per heavy atom. The van der Waals surface area contributed by atoms with Crippen molar-refractivity contribution in [1.29, 1.82) is 5.41 Å². The number of carbonyl (C=O) groups excluding carboxylic acids is 1. The molecule has 0 atom stereocenters. The number of pyridine rings is 2. The van der Waals surface area contributed by atoms with Crippen molar-refractivity contribution in [1.82, 2.24) is 14.9 Å². The fraction of sp³-hybridized carbons (Fsp3) is 0.200. The van der Waals surface area contributed by atoms with E-state index >= 15 is 0 Å². The number of nitrogens with one attached hydrogen (secondary N) is 2. The number of halogens is 3. The molecule has 1 amide bonds. The molecule has 2 heterocycles. The molecule has 3 rings (SSSR count). The van der Waals surface area contributed by atoms with E-state index in [1.165, 1.54) is 43.3 Å². The van der Waals surface area contributed by atoms with Crippen molar-refractivity contribution >= 4 is 27.7 Å². The van der Waals surface area contributed by atoms with Gasteiger partial charge in [0.25, 0.3) is 11.5 Å². The highest BCUT2D eigenvalue weighted by atomic mass is 32.2. The minimum atomic E-state index is -4.65. The largest absolute Gasteiger partial charge is 0.416 e. The minimum Gasteiger partial charge on any atom is -0.346 e. The third-order valence-corrected chi connectivity index (χ3v) is 6.76. The van der Waals surface area contributed by atoms with Gasteiger partial charge in [-0.2, -0.15) is 13.2 Å². The molecule has 38 heavy (non-hydrogen) atoms. The molecule has 0 unspecified atom stereocenters. The predicted molar refractivity (Wildman–Crippen MR) is 135 cm³/mol. The van der Waals surface area contributed by atoms with Gasteiger partial charge in [-0.05, 0) is 43.3 Å². The van der Waals surface area contributed by atoms with E-state index in [1.54, 1.807) is 12.4 Å². The summed E-state index contributed by atoms with van der Waals surface area (Å²) in [4.78, 5) is 30.6. The number of hydrogen-bond acceptors (Lipinski definition) is 6. The van der Waals surface area contributed by atoms with Gasteiger partial charge in [0.15, 0.2) is 9.84 Å². The molecule has 200 valence electrons. The summed E-state index contributed by atoms with van der Waals surface area (Å²) < 4.78 is 64.4. The van der Waals surface area contributed by atoms with Gasteiger partial charge in [-0.3, -0.25) is 19.1 Å². The van der Waals surface area contributed by atoms with Crippen molar-refractivity contribution in [2.75, 3.05) is 13.3 Å². The first-order valence-corrected chi connectivity index (χ1v) is 13.0. The molecule has 0 aliphatic carbocycles. The van der Waals surface area contributed by atoms with E-state index < -0.39 is 33.0 Å².